The quantitative estimate of drug-likeness (QED) is 0.660. The summed E-state index contributed by atoms with van der Waals surface area (Å²) in [6, 6.07) is 4.17. The lowest BCUT2D eigenvalue weighted by molar-refractivity contribution is -0.140. The number of methoxy groups -OCH3 is 1. The van der Waals surface area contributed by atoms with Crippen LogP contribution in [0.5, 0.6) is 0 Å². The molecule has 0 bridgehead atoms. The maximum atomic E-state index is 11.1. The van der Waals surface area contributed by atoms with Crippen molar-refractivity contribution in [2.24, 2.45) is 5.84 Å². The van der Waals surface area contributed by atoms with Crippen LogP contribution in [0.4, 0.5) is 5.69 Å². The van der Waals surface area contributed by atoms with Crippen LogP contribution >= 0.6 is 24.8 Å². The minimum absolute atomic E-state index is 0. The van der Waals surface area contributed by atoms with Crippen LogP contribution < -0.4 is 11.3 Å². The Hall–Kier alpha value is -1.01. The van der Waals surface area contributed by atoms with Crippen molar-refractivity contribution >= 4 is 36.5 Å². The second kappa shape index (κ2) is 7.55. The maximum absolute atomic E-state index is 11.1. The van der Waals surface area contributed by atoms with Gasteiger partial charge >= 0.3 is 5.97 Å². The number of esters is 1. The lowest BCUT2D eigenvalue weighted by Crippen LogP contribution is -2.30. The Bertz CT molecular complexity index is 455. The molecule has 1 aliphatic heterocycles. The zero-order valence-electron chi connectivity index (χ0n) is 10.9. The average Bonchev–Trinajstić information content (AvgIpc) is 2.67. The van der Waals surface area contributed by atoms with Crippen molar-refractivity contribution in [2.45, 2.75) is 26.3 Å². The molecule has 0 atom stereocenters. The molecule has 1 aliphatic rings. The molecule has 19 heavy (non-hydrogen) atoms. The normalized spacial score (nSPS) is 12.8. The summed E-state index contributed by atoms with van der Waals surface area (Å²) in [6.45, 7) is 2.72. The van der Waals surface area contributed by atoms with Gasteiger partial charge < -0.3 is 10.2 Å². The first kappa shape index (κ1) is 18.0. The van der Waals surface area contributed by atoms with E-state index in [0.29, 0.717) is 19.4 Å². The number of hydrazine groups is 2. The molecule has 7 heteroatoms. The molecule has 0 fully saturated rings. The number of aryl methyl sites for hydroxylation is 2. The first-order valence-corrected chi connectivity index (χ1v) is 5.58. The number of anilines is 1. The van der Waals surface area contributed by atoms with Crippen LogP contribution in [0.1, 0.15) is 23.1 Å². The van der Waals surface area contributed by atoms with Crippen molar-refractivity contribution in [3.05, 3.63) is 28.8 Å². The monoisotopic (exact) mass is 307 g/mol. The highest BCUT2D eigenvalue weighted by Crippen LogP contribution is 2.28. The number of carbonyl (C=O) groups is 1. The molecule has 0 aromatic heterocycles. The molecule has 2 rings (SSSR count). The number of ether oxygens (including phenoxy) is 1. The standard InChI is InChI=1S/C12H17N3O2.2ClH/c1-8-5-9(3-4-11(16)17-2)6-10-7-15(13)14-12(8)10;;/h5-6,14H,3-4,7,13H2,1-2H3;2*1H. The van der Waals surface area contributed by atoms with Crippen LogP contribution in [0.25, 0.3) is 0 Å². The topological polar surface area (TPSA) is 67.6 Å². The molecule has 0 aliphatic carbocycles. The van der Waals surface area contributed by atoms with Gasteiger partial charge in [-0.3, -0.25) is 10.6 Å². The average molecular weight is 308 g/mol. The number of nitrogens with one attached hydrogen (secondary N) is 1. The van der Waals surface area contributed by atoms with Gasteiger partial charge in [0, 0.05) is 6.42 Å². The number of nitrogens with two attached hydrogens (primary N) is 1. The van der Waals surface area contributed by atoms with Gasteiger partial charge in [0.25, 0.3) is 0 Å². The SMILES string of the molecule is COC(=O)CCc1cc(C)c2c(c1)CN(N)N2.Cl.Cl. The highest BCUT2D eigenvalue weighted by Gasteiger charge is 2.18. The van der Waals surface area contributed by atoms with Gasteiger partial charge in [-0.15, -0.1) is 24.8 Å². The van der Waals surface area contributed by atoms with Crippen LogP contribution in [0.2, 0.25) is 0 Å². The molecule has 0 radical (unpaired) electrons. The van der Waals surface area contributed by atoms with E-state index in [4.69, 9.17) is 5.84 Å². The van der Waals surface area contributed by atoms with Gasteiger partial charge in [0.1, 0.15) is 0 Å². The number of rotatable bonds is 3. The lowest BCUT2D eigenvalue weighted by atomic mass is 10.0. The molecular weight excluding hydrogens is 289 g/mol. The van der Waals surface area contributed by atoms with Gasteiger partial charge in [-0.1, -0.05) is 12.1 Å². The van der Waals surface area contributed by atoms with E-state index in [1.54, 1.807) is 5.12 Å². The molecule has 0 amide bonds. The number of halogens is 2. The summed E-state index contributed by atoms with van der Waals surface area (Å²) in [6.07, 6.45) is 1.11. The Morgan fingerprint density at radius 1 is 1.47 bits per heavy atom. The van der Waals surface area contributed by atoms with E-state index in [9.17, 15) is 4.79 Å². The molecule has 0 saturated heterocycles. The van der Waals surface area contributed by atoms with Gasteiger partial charge in [-0.2, -0.15) is 5.12 Å². The fourth-order valence-corrected chi connectivity index (χ4v) is 2.09. The largest absolute Gasteiger partial charge is 0.469 e. The van der Waals surface area contributed by atoms with E-state index in [0.717, 1.165) is 16.8 Å². The van der Waals surface area contributed by atoms with Crippen molar-refractivity contribution in [2.75, 3.05) is 12.5 Å². The summed E-state index contributed by atoms with van der Waals surface area (Å²) >= 11 is 0. The smallest absolute Gasteiger partial charge is 0.305 e. The van der Waals surface area contributed by atoms with Crippen molar-refractivity contribution in [3.63, 3.8) is 0 Å². The first-order chi connectivity index (χ1) is 8.10. The third kappa shape index (κ3) is 4.24. The molecule has 1 aromatic carbocycles. The first-order valence-electron chi connectivity index (χ1n) is 5.58. The van der Waals surface area contributed by atoms with E-state index in [-0.39, 0.29) is 30.8 Å². The van der Waals surface area contributed by atoms with E-state index >= 15 is 0 Å². The number of carbonyl (C=O) groups excluding carboxylic acids is 1. The number of fused-ring (bicyclic) bond motifs is 1. The Morgan fingerprint density at radius 2 is 2.16 bits per heavy atom. The van der Waals surface area contributed by atoms with Crippen molar-refractivity contribution in [3.8, 4) is 0 Å². The molecular formula is C12H19Cl2N3O2. The lowest BCUT2D eigenvalue weighted by Gasteiger charge is -2.09. The van der Waals surface area contributed by atoms with Gasteiger partial charge in [0.15, 0.2) is 0 Å². The van der Waals surface area contributed by atoms with E-state index in [1.165, 1.54) is 12.7 Å². The summed E-state index contributed by atoms with van der Waals surface area (Å²) in [7, 11) is 1.41. The van der Waals surface area contributed by atoms with E-state index in [1.807, 2.05) is 6.92 Å². The molecule has 0 saturated carbocycles. The fourth-order valence-electron chi connectivity index (χ4n) is 2.09. The van der Waals surface area contributed by atoms with Gasteiger partial charge in [-0.25, -0.2) is 0 Å². The van der Waals surface area contributed by atoms with Crippen LogP contribution in [-0.4, -0.2) is 18.2 Å². The van der Waals surface area contributed by atoms with Crippen LogP contribution in [0.15, 0.2) is 12.1 Å². The van der Waals surface area contributed by atoms with Gasteiger partial charge in [0.05, 0.1) is 19.3 Å². The third-order valence-corrected chi connectivity index (χ3v) is 2.92. The predicted molar refractivity (Wildman–Crippen MR) is 79.4 cm³/mol. The number of hydrogen-bond acceptors (Lipinski definition) is 5. The van der Waals surface area contributed by atoms with E-state index < -0.39 is 0 Å². The number of benzene rings is 1. The third-order valence-electron chi connectivity index (χ3n) is 2.92. The summed E-state index contributed by atoms with van der Waals surface area (Å²) in [5.41, 5.74) is 7.63. The Kier molecular flexibility index (Phi) is 7.15. The minimum Gasteiger partial charge on any atom is -0.469 e. The second-order valence-electron chi connectivity index (χ2n) is 4.26. The zero-order chi connectivity index (χ0) is 12.4. The molecule has 3 N–H and O–H groups in total. The van der Waals surface area contributed by atoms with Crippen LogP contribution in [-0.2, 0) is 22.5 Å². The highest BCUT2D eigenvalue weighted by molar-refractivity contribution is 5.85. The number of hydrogen-bond donors (Lipinski definition) is 2. The van der Waals surface area contributed by atoms with Crippen molar-refractivity contribution in [1.29, 1.82) is 0 Å². The molecule has 1 aromatic rings. The van der Waals surface area contributed by atoms with Crippen molar-refractivity contribution in [1.82, 2.24) is 5.12 Å². The molecule has 108 valence electrons. The molecule has 0 unspecified atom stereocenters. The maximum Gasteiger partial charge on any atom is 0.305 e. The second-order valence-corrected chi connectivity index (χ2v) is 4.26. The summed E-state index contributed by atoms with van der Waals surface area (Å²) in [4.78, 5) is 11.1. The minimum atomic E-state index is -0.179. The van der Waals surface area contributed by atoms with E-state index in [2.05, 4.69) is 22.3 Å². The fraction of sp³-hybridized carbons (Fsp3) is 0.417. The van der Waals surface area contributed by atoms with Gasteiger partial charge in [0.2, 0.25) is 0 Å². The van der Waals surface area contributed by atoms with Crippen LogP contribution in [0, 0.1) is 6.92 Å². The van der Waals surface area contributed by atoms with Crippen molar-refractivity contribution < 1.29 is 9.53 Å². The van der Waals surface area contributed by atoms with Crippen LogP contribution in [0.3, 0.4) is 0 Å². The molecule has 5 nitrogen and oxygen atoms in total. The summed E-state index contributed by atoms with van der Waals surface area (Å²) in [5, 5.41) is 1.56. The Morgan fingerprint density at radius 3 is 2.79 bits per heavy atom. The highest BCUT2D eigenvalue weighted by atomic mass is 35.5. The zero-order valence-corrected chi connectivity index (χ0v) is 12.6. The predicted octanol–water partition coefficient (Wildman–Crippen LogP) is 1.96. The summed E-state index contributed by atoms with van der Waals surface area (Å²) < 4.78 is 4.63. The van der Waals surface area contributed by atoms with Gasteiger partial charge in [-0.05, 0) is 30.0 Å². The molecule has 0 spiro atoms. The Labute approximate surface area is 125 Å². The molecule has 1 heterocycles. The number of nitrogens with zero attached hydrogens (tertiary/aromatic N) is 1. The summed E-state index contributed by atoms with van der Waals surface area (Å²) in [5.74, 6) is 5.52. The Balaban J connectivity index is 0.00000162.